The number of piperazine rings is 2. The number of non-ortho nitro benzene ring substituents is 2. The summed E-state index contributed by atoms with van der Waals surface area (Å²) in [5.74, 6) is -1.92. The highest BCUT2D eigenvalue weighted by Gasteiger charge is 2.24. The van der Waals surface area contributed by atoms with E-state index in [0.717, 1.165) is 20.5 Å². The van der Waals surface area contributed by atoms with E-state index in [1.165, 1.54) is 73.7 Å². The Morgan fingerprint density at radius 1 is 0.530 bits per heavy atom. The van der Waals surface area contributed by atoms with Crippen molar-refractivity contribution in [3.8, 4) is 0 Å². The van der Waals surface area contributed by atoms with Gasteiger partial charge in [-0.05, 0) is 24.3 Å². The lowest BCUT2D eigenvalue weighted by molar-refractivity contribution is -0.385. The molecule has 0 aliphatic carbocycles. The van der Waals surface area contributed by atoms with Crippen LogP contribution in [0.4, 0.5) is 34.4 Å². The molecule has 66 heavy (non-hydrogen) atoms. The Kier molecular flexibility index (Phi) is 15.7. The number of benzene rings is 2. The van der Waals surface area contributed by atoms with E-state index in [-0.39, 0.29) is 37.7 Å². The van der Waals surface area contributed by atoms with Crippen molar-refractivity contribution in [1.82, 2.24) is 28.1 Å². The molecule has 2 aliphatic heterocycles. The van der Waals surface area contributed by atoms with Crippen LogP contribution in [-0.4, -0.2) is 155 Å². The molecule has 2 aliphatic rings. The van der Waals surface area contributed by atoms with E-state index in [1.807, 2.05) is 0 Å². The van der Waals surface area contributed by atoms with Crippen molar-refractivity contribution in [2.45, 2.75) is 0 Å². The zero-order valence-electron chi connectivity index (χ0n) is 37.4. The molecular formula is C42H54N12O12. The van der Waals surface area contributed by atoms with Gasteiger partial charge < -0.3 is 29.1 Å². The summed E-state index contributed by atoms with van der Waals surface area (Å²) in [7, 11) is 5.78. The largest absolute Gasteiger partial charge is 0.455 e. The first kappa shape index (κ1) is 48.1. The van der Waals surface area contributed by atoms with Crippen molar-refractivity contribution in [1.29, 1.82) is 0 Å². The minimum atomic E-state index is -1.26. The maximum atomic E-state index is 12.9. The van der Waals surface area contributed by atoms with E-state index in [9.17, 15) is 49.0 Å². The van der Waals surface area contributed by atoms with Crippen LogP contribution in [0.2, 0.25) is 0 Å². The molecule has 6 rings (SSSR count). The summed E-state index contributed by atoms with van der Waals surface area (Å²) in [6, 6.07) is 15.4. The molecule has 2 aromatic carbocycles. The molecule has 0 radical (unpaired) electrons. The molecule has 0 unspecified atom stereocenters. The van der Waals surface area contributed by atoms with Gasteiger partial charge in [-0.2, -0.15) is 0 Å². The normalized spacial score (nSPS) is 14.5. The molecule has 2 aromatic heterocycles. The van der Waals surface area contributed by atoms with Gasteiger partial charge >= 0.3 is 23.3 Å². The summed E-state index contributed by atoms with van der Waals surface area (Å²) in [4.78, 5) is 110. The number of carbonyl (C=O) groups excluding carboxylic acids is 2. The monoisotopic (exact) mass is 918 g/mol. The first-order chi connectivity index (χ1) is 31.5. The average molecular weight is 919 g/mol. The van der Waals surface area contributed by atoms with Crippen molar-refractivity contribution < 1.29 is 28.9 Å². The lowest BCUT2D eigenvalue weighted by Gasteiger charge is -2.37. The van der Waals surface area contributed by atoms with Crippen molar-refractivity contribution in [2.75, 3.05) is 124 Å². The third-order valence-corrected chi connectivity index (χ3v) is 12.0. The van der Waals surface area contributed by atoms with Gasteiger partial charge in [0, 0.05) is 155 Å². The van der Waals surface area contributed by atoms with Crippen LogP contribution < -0.4 is 42.1 Å². The number of aromatic nitrogens is 4. The predicted octanol–water partition coefficient (Wildman–Crippen LogP) is -0.658. The van der Waals surface area contributed by atoms with Gasteiger partial charge in [-0.15, -0.1) is 0 Å². The molecule has 354 valence electrons. The third kappa shape index (κ3) is 11.7. The van der Waals surface area contributed by atoms with Gasteiger partial charge in [0.1, 0.15) is 24.8 Å². The Morgan fingerprint density at radius 2 is 0.864 bits per heavy atom. The average Bonchev–Trinajstić information content (AvgIpc) is 3.32. The Labute approximate surface area is 377 Å². The number of hydrogen-bond donors (Lipinski definition) is 0. The number of rotatable bonds is 18. The van der Waals surface area contributed by atoms with Crippen LogP contribution >= 0.6 is 0 Å². The van der Waals surface area contributed by atoms with Crippen LogP contribution in [0.15, 0.2) is 79.8 Å². The van der Waals surface area contributed by atoms with E-state index in [4.69, 9.17) is 9.47 Å². The summed E-state index contributed by atoms with van der Waals surface area (Å²) in [6.07, 6.45) is 0. The standard InChI is InChI=1S/C42H54N12O12/c1-43-35(29-37(55)45(3)41(43)59)51(23-17-47-13-19-49(20-14-47)31-5-9-33(10-6-31)53(61)62)25-27-65-39(57)40(58)66-28-26-52(36-30-38(56)46(4)42(60)44(36)2)24-18-48-15-21-50(22-16-48)32-7-11-34(12-8-32)54(63)64/h5-12,29-30H,13-28H2,1-4H3. The number of anilines is 4. The molecule has 0 saturated carbocycles. The summed E-state index contributed by atoms with van der Waals surface area (Å²) in [5, 5.41) is 22.1. The summed E-state index contributed by atoms with van der Waals surface area (Å²) < 4.78 is 15.2. The van der Waals surface area contributed by atoms with Gasteiger partial charge in [-0.1, -0.05) is 0 Å². The van der Waals surface area contributed by atoms with Crippen molar-refractivity contribution in [3.63, 3.8) is 0 Å². The minimum absolute atomic E-state index is 0.0140. The molecule has 2 saturated heterocycles. The number of ether oxygens (including phenoxy) is 2. The van der Waals surface area contributed by atoms with Crippen molar-refractivity contribution in [3.05, 3.63) is 123 Å². The summed E-state index contributed by atoms with van der Waals surface area (Å²) >= 11 is 0. The second-order valence-corrected chi connectivity index (χ2v) is 15.9. The van der Waals surface area contributed by atoms with Crippen LogP contribution in [0.3, 0.4) is 0 Å². The highest BCUT2D eigenvalue weighted by atomic mass is 16.6. The molecule has 4 aromatic rings. The topological polar surface area (TPSA) is 246 Å². The maximum absolute atomic E-state index is 12.9. The second-order valence-electron chi connectivity index (χ2n) is 15.9. The second kappa shape index (κ2) is 21.6. The van der Waals surface area contributed by atoms with Crippen LogP contribution in [-0.2, 0) is 47.3 Å². The van der Waals surface area contributed by atoms with Gasteiger partial charge in [-0.25, -0.2) is 19.2 Å². The SMILES string of the molecule is Cn1c(N(CCOC(=O)C(=O)OCCN(CCN2CCN(c3ccc([N+](=O)[O-])cc3)CC2)c2cc(=O)n(C)c(=O)n2C)CCN2CCN(c3ccc([N+](=O)[O-])cc3)CC2)cc(=O)n(C)c1=O. The molecule has 2 fully saturated rings. The van der Waals surface area contributed by atoms with Crippen LogP contribution in [0.25, 0.3) is 0 Å². The zero-order valence-corrected chi connectivity index (χ0v) is 37.4. The fraction of sp³-hybridized carbons (Fsp3) is 0.476. The molecule has 0 N–H and O–H groups in total. The van der Waals surface area contributed by atoms with E-state index in [0.29, 0.717) is 90.2 Å². The zero-order chi connectivity index (χ0) is 47.7. The number of nitrogens with zero attached hydrogens (tertiary/aromatic N) is 12. The van der Waals surface area contributed by atoms with E-state index >= 15 is 0 Å². The number of esters is 2. The van der Waals surface area contributed by atoms with Crippen molar-refractivity contribution >= 4 is 46.3 Å². The predicted molar refractivity (Wildman–Crippen MR) is 244 cm³/mol. The molecule has 24 nitrogen and oxygen atoms in total. The van der Waals surface area contributed by atoms with Gasteiger partial charge in [-0.3, -0.25) is 57.9 Å². The van der Waals surface area contributed by atoms with Crippen LogP contribution in [0.1, 0.15) is 0 Å². The van der Waals surface area contributed by atoms with Crippen LogP contribution in [0, 0.1) is 20.2 Å². The maximum Gasteiger partial charge on any atom is 0.417 e. The molecule has 0 atom stereocenters. The fourth-order valence-electron chi connectivity index (χ4n) is 7.90. The lowest BCUT2D eigenvalue weighted by Crippen LogP contribution is -2.49. The number of nitro groups is 2. The lowest BCUT2D eigenvalue weighted by atomic mass is 10.2. The van der Waals surface area contributed by atoms with Gasteiger partial charge in [0.2, 0.25) is 0 Å². The number of carbonyl (C=O) groups is 2. The Morgan fingerprint density at radius 3 is 1.18 bits per heavy atom. The molecule has 0 amide bonds. The minimum Gasteiger partial charge on any atom is -0.455 e. The van der Waals surface area contributed by atoms with Gasteiger partial charge in [0.25, 0.3) is 22.5 Å². The highest BCUT2D eigenvalue weighted by molar-refractivity contribution is 6.29. The molecular weight excluding hydrogens is 865 g/mol. The molecule has 0 spiro atoms. The van der Waals surface area contributed by atoms with E-state index in [2.05, 4.69) is 19.6 Å². The molecule has 24 heteroatoms. The van der Waals surface area contributed by atoms with E-state index in [1.54, 1.807) is 34.1 Å². The summed E-state index contributed by atoms with van der Waals surface area (Å²) in [5.41, 5.74) is -0.379. The Balaban J connectivity index is 1.02. The first-order valence-electron chi connectivity index (χ1n) is 21.3. The smallest absolute Gasteiger partial charge is 0.417 e. The number of nitro benzene ring substituents is 2. The third-order valence-electron chi connectivity index (χ3n) is 12.0. The Hall–Kier alpha value is -7.34. The Bertz CT molecular complexity index is 2450. The fourth-order valence-corrected chi connectivity index (χ4v) is 7.90. The highest BCUT2D eigenvalue weighted by Crippen LogP contribution is 2.22. The number of hydrogen-bond acceptors (Lipinski definition) is 18. The van der Waals surface area contributed by atoms with Crippen molar-refractivity contribution in [2.24, 2.45) is 28.2 Å². The summed E-state index contributed by atoms with van der Waals surface area (Å²) in [6.45, 7) is 6.46. The van der Waals surface area contributed by atoms with E-state index < -0.39 is 44.3 Å². The first-order valence-corrected chi connectivity index (χ1v) is 21.3. The van der Waals surface area contributed by atoms with Gasteiger partial charge in [0.15, 0.2) is 0 Å². The van der Waals surface area contributed by atoms with Gasteiger partial charge in [0.05, 0.1) is 22.9 Å². The molecule has 4 heterocycles. The molecule has 0 bridgehead atoms. The van der Waals surface area contributed by atoms with Crippen LogP contribution in [0.5, 0.6) is 0 Å². The quantitative estimate of drug-likeness (QED) is 0.0520.